The zero-order valence-electron chi connectivity index (χ0n) is 8.21. The topological polar surface area (TPSA) is 59.3 Å². The summed E-state index contributed by atoms with van der Waals surface area (Å²) in [6.45, 7) is 2.57. The molecule has 0 saturated carbocycles. The minimum atomic E-state index is 0.367. The minimum Gasteiger partial charge on any atom is -0.493 e. The SMILES string of the molecule is CCOc1ccc(NC(=S)NN)cc1Br. The van der Waals surface area contributed by atoms with Crippen LogP contribution < -0.4 is 21.3 Å². The molecular formula is C9H12BrN3OS. The molecule has 1 aromatic carbocycles. The summed E-state index contributed by atoms with van der Waals surface area (Å²) in [7, 11) is 0. The van der Waals surface area contributed by atoms with Gasteiger partial charge in [-0.25, -0.2) is 5.84 Å². The predicted molar refractivity (Wildman–Crippen MR) is 68.9 cm³/mol. The van der Waals surface area contributed by atoms with Crippen LogP contribution in [0, 0.1) is 0 Å². The van der Waals surface area contributed by atoms with Gasteiger partial charge in [-0.3, -0.25) is 0 Å². The van der Waals surface area contributed by atoms with Gasteiger partial charge in [0, 0.05) is 5.69 Å². The predicted octanol–water partition coefficient (Wildman–Crippen LogP) is 2.01. The molecule has 15 heavy (non-hydrogen) atoms. The highest BCUT2D eigenvalue weighted by molar-refractivity contribution is 9.10. The third-order valence-electron chi connectivity index (χ3n) is 1.62. The number of nitrogens with two attached hydrogens (primary N) is 1. The lowest BCUT2D eigenvalue weighted by atomic mass is 10.3. The van der Waals surface area contributed by atoms with Crippen molar-refractivity contribution in [1.82, 2.24) is 5.43 Å². The van der Waals surface area contributed by atoms with Crippen LogP contribution in [0.3, 0.4) is 0 Å². The van der Waals surface area contributed by atoms with Gasteiger partial charge in [-0.15, -0.1) is 0 Å². The number of rotatable bonds is 3. The van der Waals surface area contributed by atoms with Crippen molar-refractivity contribution in [2.24, 2.45) is 5.84 Å². The Balaban J connectivity index is 2.77. The van der Waals surface area contributed by atoms with Gasteiger partial charge in [0.1, 0.15) is 5.75 Å². The largest absolute Gasteiger partial charge is 0.493 e. The molecule has 0 fully saturated rings. The Hall–Kier alpha value is -0.850. The molecule has 0 spiro atoms. The summed E-state index contributed by atoms with van der Waals surface area (Å²) in [4.78, 5) is 0. The molecule has 1 rings (SSSR count). The highest BCUT2D eigenvalue weighted by Gasteiger charge is 2.02. The van der Waals surface area contributed by atoms with Crippen LogP contribution in [0.25, 0.3) is 0 Å². The van der Waals surface area contributed by atoms with Crippen molar-refractivity contribution < 1.29 is 4.74 Å². The zero-order chi connectivity index (χ0) is 11.3. The van der Waals surface area contributed by atoms with E-state index in [0.29, 0.717) is 11.7 Å². The van der Waals surface area contributed by atoms with Gasteiger partial charge in [0.05, 0.1) is 11.1 Å². The van der Waals surface area contributed by atoms with Crippen molar-refractivity contribution in [2.45, 2.75) is 6.92 Å². The molecule has 0 aromatic heterocycles. The third kappa shape index (κ3) is 3.65. The number of thiocarbonyl (C=S) groups is 1. The van der Waals surface area contributed by atoms with E-state index in [1.54, 1.807) is 0 Å². The maximum Gasteiger partial charge on any atom is 0.185 e. The van der Waals surface area contributed by atoms with Gasteiger partial charge in [-0.1, -0.05) is 0 Å². The molecule has 0 atom stereocenters. The maximum absolute atomic E-state index is 5.38. The fourth-order valence-corrected chi connectivity index (χ4v) is 1.63. The first-order chi connectivity index (χ1) is 7.17. The van der Waals surface area contributed by atoms with Crippen LogP contribution in [0.4, 0.5) is 5.69 Å². The van der Waals surface area contributed by atoms with Gasteiger partial charge in [0.25, 0.3) is 0 Å². The molecule has 0 aliphatic carbocycles. The molecule has 0 aliphatic heterocycles. The summed E-state index contributed by atoms with van der Waals surface area (Å²) < 4.78 is 6.24. The summed E-state index contributed by atoms with van der Waals surface area (Å²) in [6.07, 6.45) is 0. The average Bonchev–Trinajstić information content (AvgIpc) is 2.22. The lowest BCUT2D eigenvalue weighted by Crippen LogP contribution is -2.34. The van der Waals surface area contributed by atoms with Gasteiger partial charge in [-0.05, 0) is 53.3 Å². The second-order valence-corrected chi connectivity index (χ2v) is 3.94. The standard InChI is InChI=1S/C9H12BrN3OS/c1-2-14-8-4-3-6(5-7(8)10)12-9(15)13-11/h3-5H,2,11H2,1H3,(H2,12,13,15). The van der Waals surface area contributed by atoms with Crippen LogP contribution in [-0.2, 0) is 0 Å². The van der Waals surface area contributed by atoms with Crippen LogP contribution in [0.2, 0.25) is 0 Å². The van der Waals surface area contributed by atoms with E-state index in [0.717, 1.165) is 15.9 Å². The van der Waals surface area contributed by atoms with E-state index in [-0.39, 0.29) is 0 Å². The summed E-state index contributed by atoms with van der Waals surface area (Å²) in [5.74, 6) is 5.95. The monoisotopic (exact) mass is 289 g/mol. The Kier molecular flexibility index (Phi) is 4.80. The summed E-state index contributed by atoms with van der Waals surface area (Å²) in [5.41, 5.74) is 3.19. The number of halogens is 1. The number of benzene rings is 1. The first-order valence-electron chi connectivity index (χ1n) is 4.37. The molecule has 0 unspecified atom stereocenters. The number of ether oxygens (including phenoxy) is 1. The van der Waals surface area contributed by atoms with Crippen molar-refractivity contribution in [3.05, 3.63) is 22.7 Å². The molecule has 0 heterocycles. The lowest BCUT2D eigenvalue weighted by molar-refractivity contribution is 0.338. The Bertz CT molecular complexity index is 359. The van der Waals surface area contributed by atoms with Crippen LogP contribution >= 0.6 is 28.1 Å². The molecule has 1 aromatic rings. The van der Waals surface area contributed by atoms with E-state index < -0.39 is 0 Å². The number of hydrogen-bond acceptors (Lipinski definition) is 3. The van der Waals surface area contributed by atoms with E-state index in [1.807, 2.05) is 25.1 Å². The van der Waals surface area contributed by atoms with E-state index in [4.69, 9.17) is 22.8 Å². The van der Waals surface area contributed by atoms with Crippen molar-refractivity contribution in [3.63, 3.8) is 0 Å². The highest BCUT2D eigenvalue weighted by Crippen LogP contribution is 2.27. The van der Waals surface area contributed by atoms with Crippen molar-refractivity contribution in [3.8, 4) is 5.75 Å². The van der Waals surface area contributed by atoms with Crippen molar-refractivity contribution in [1.29, 1.82) is 0 Å². The van der Waals surface area contributed by atoms with Gasteiger partial charge in [0.15, 0.2) is 5.11 Å². The van der Waals surface area contributed by atoms with E-state index in [9.17, 15) is 0 Å². The average molecular weight is 290 g/mol. The Morgan fingerprint density at radius 3 is 2.87 bits per heavy atom. The first-order valence-corrected chi connectivity index (χ1v) is 5.57. The summed E-state index contributed by atoms with van der Waals surface area (Å²) in [5, 5.41) is 3.28. The molecule has 0 aliphatic rings. The summed E-state index contributed by atoms with van der Waals surface area (Å²) >= 11 is 8.27. The molecule has 0 bridgehead atoms. The molecule has 0 radical (unpaired) electrons. The molecule has 4 N–H and O–H groups in total. The Labute approximate surface area is 102 Å². The third-order valence-corrected chi connectivity index (χ3v) is 2.46. The first kappa shape index (κ1) is 12.2. The number of anilines is 1. The van der Waals surface area contributed by atoms with Crippen molar-refractivity contribution in [2.75, 3.05) is 11.9 Å². The van der Waals surface area contributed by atoms with Gasteiger partial charge in [-0.2, -0.15) is 0 Å². The molecule has 0 saturated heterocycles. The molecule has 82 valence electrons. The Morgan fingerprint density at radius 1 is 1.60 bits per heavy atom. The lowest BCUT2D eigenvalue weighted by Gasteiger charge is -2.10. The van der Waals surface area contributed by atoms with Gasteiger partial charge >= 0.3 is 0 Å². The molecule has 0 amide bonds. The molecule has 4 nitrogen and oxygen atoms in total. The fraction of sp³-hybridized carbons (Fsp3) is 0.222. The second kappa shape index (κ2) is 5.89. The second-order valence-electron chi connectivity index (χ2n) is 2.68. The number of hydrogen-bond donors (Lipinski definition) is 3. The van der Waals surface area contributed by atoms with Crippen LogP contribution in [0.1, 0.15) is 6.92 Å². The van der Waals surface area contributed by atoms with Crippen molar-refractivity contribution >= 4 is 38.9 Å². The highest BCUT2D eigenvalue weighted by atomic mass is 79.9. The molecule has 6 heteroatoms. The summed E-state index contributed by atoms with van der Waals surface area (Å²) in [6, 6.07) is 5.59. The van der Waals surface area contributed by atoms with E-state index in [1.165, 1.54) is 0 Å². The Morgan fingerprint density at radius 2 is 2.33 bits per heavy atom. The van der Waals surface area contributed by atoms with E-state index in [2.05, 4.69) is 26.7 Å². The van der Waals surface area contributed by atoms with Crippen LogP contribution in [-0.4, -0.2) is 11.7 Å². The normalized spacial score (nSPS) is 9.53. The van der Waals surface area contributed by atoms with Gasteiger partial charge in [0.2, 0.25) is 0 Å². The zero-order valence-corrected chi connectivity index (χ0v) is 10.6. The maximum atomic E-state index is 5.38. The van der Waals surface area contributed by atoms with Crippen LogP contribution in [0.15, 0.2) is 22.7 Å². The quantitative estimate of drug-likeness (QED) is 0.451. The van der Waals surface area contributed by atoms with Gasteiger partial charge < -0.3 is 15.5 Å². The number of hydrazine groups is 1. The minimum absolute atomic E-state index is 0.367. The molecular weight excluding hydrogens is 278 g/mol. The van der Waals surface area contributed by atoms with Crippen LogP contribution in [0.5, 0.6) is 5.75 Å². The fourth-order valence-electron chi connectivity index (χ4n) is 1.02. The van der Waals surface area contributed by atoms with E-state index >= 15 is 0 Å². The smallest absolute Gasteiger partial charge is 0.185 e. The number of nitrogens with one attached hydrogen (secondary N) is 2.